The van der Waals surface area contributed by atoms with Gasteiger partial charge in [0.15, 0.2) is 0 Å². The van der Waals surface area contributed by atoms with Crippen molar-refractivity contribution in [3.8, 4) is 0 Å². The van der Waals surface area contributed by atoms with E-state index in [1.165, 1.54) is 12.8 Å². The summed E-state index contributed by atoms with van der Waals surface area (Å²) in [5.41, 5.74) is 1.57. The normalized spacial score (nSPS) is 24.6. The second-order valence-corrected chi connectivity index (χ2v) is 8.00. The lowest BCUT2D eigenvalue weighted by molar-refractivity contribution is -0.136. The van der Waals surface area contributed by atoms with Crippen molar-refractivity contribution in [2.24, 2.45) is 5.92 Å². The van der Waals surface area contributed by atoms with Crippen LogP contribution in [-0.4, -0.2) is 54.2 Å². The molecule has 3 aliphatic rings. The highest BCUT2D eigenvalue weighted by Gasteiger charge is 2.44. The Bertz CT molecular complexity index is 847. The van der Waals surface area contributed by atoms with E-state index in [1.54, 1.807) is 12.1 Å². The smallest absolute Gasteiger partial charge is 0.262 e. The molecule has 4 amide bonds. The highest BCUT2D eigenvalue weighted by molar-refractivity contribution is 6.23. The fraction of sp³-hybridized carbons (Fsp3) is 0.524. The lowest BCUT2D eigenvalue weighted by Crippen LogP contribution is -2.54. The number of amides is 4. The molecule has 8 heteroatoms. The summed E-state index contributed by atoms with van der Waals surface area (Å²) in [5.74, 6) is -1.19. The van der Waals surface area contributed by atoms with Crippen molar-refractivity contribution in [2.75, 3.05) is 19.6 Å². The van der Waals surface area contributed by atoms with Crippen LogP contribution in [0.3, 0.4) is 0 Å². The van der Waals surface area contributed by atoms with E-state index < -0.39 is 23.8 Å². The molecular weight excluding hydrogens is 372 g/mol. The number of nitrogens with one attached hydrogen (secondary N) is 3. The van der Waals surface area contributed by atoms with Crippen LogP contribution < -0.4 is 16.0 Å². The van der Waals surface area contributed by atoms with Crippen LogP contribution in [0.15, 0.2) is 18.2 Å². The number of carbonyl (C=O) groups excluding carboxylic acids is 4. The zero-order chi connectivity index (χ0) is 20.4. The summed E-state index contributed by atoms with van der Waals surface area (Å²) < 4.78 is 0. The number of benzene rings is 1. The molecule has 0 saturated carbocycles. The van der Waals surface area contributed by atoms with Crippen molar-refractivity contribution < 1.29 is 19.2 Å². The van der Waals surface area contributed by atoms with E-state index in [0.29, 0.717) is 23.6 Å². The SMILES string of the molecule is O=C1CCC(N2C(=O)c3ccc(CNCC[C@H]4CCCNC4)cc3C2=O)C(=O)N1. The Morgan fingerprint density at radius 2 is 1.90 bits per heavy atom. The van der Waals surface area contributed by atoms with Crippen LogP contribution in [-0.2, 0) is 16.1 Å². The van der Waals surface area contributed by atoms with Crippen molar-refractivity contribution in [3.63, 3.8) is 0 Å². The predicted octanol–water partition coefficient (Wildman–Crippen LogP) is 0.567. The second kappa shape index (κ2) is 8.42. The van der Waals surface area contributed by atoms with Gasteiger partial charge in [0, 0.05) is 13.0 Å². The average Bonchev–Trinajstić information content (AvgIpc) is 2.96. The Morgan fingerprint density at radius 3 is 2.66 bits per heavy atom. The third-order valence-electron chi connectivity index (χ3n) is 5.96. The van der Waals surface area contributed by atoms with Gasteiger partial charge >= 0.3 is 0 Å². The number of rotatable bonds is 6. The Kier molecular flexibility index (Phi) is 5.73. The van der Waals surface area contributed by atoms with Gasteiger partial charge in [-0.2, -0.15) is 0 Å². The molecule has 4 rings (SSSR count). The maximum Gasteiger partial charge on any atom is 0.262 e. The summed E-state index contributed by atoms with van der Waals surface area (Å²) in [6.07, 6.45) is 3.89. The minimum Gasteiger partial charge on any atom is -0.316 e. The summed E-state index contributed by atoms with van der Waals surface area (Å²) in [6, 6.07) is 4.30. The first-order valence-corrected chi connectivity index (χ1v) is 10.3. The number of imide groups is 2. The van der Waals surface area contributed by atoms with Gasteiger partial charge in [-0.1, -0.05) is 6.07 Å². The van der Waals surface area contributed by atoms with E-state index in [-0.39, 0.29) is 18.7 Å². The Hall–Kier alpha value is -2.58. The third-order valence-corrected chi connectivity index (χ3v) is 5.96. The average molecular weight is 398 g/mol. The van der Waals surface area contributed by atoms with Crippen LogP contribution in [0.2, 0.25) is 0 Å². The van der Waals surface area contributed by atoms with Crippen LogP contribution in [0.25, 0.3) is 0 Å². The van der Waals surface area contributed by atoms with Crippen molar-refractivity contribution in [1.82, 2.24) is 20.9 Å². The molecule has 0 aromatic heterocycles. The van der Waals surface area contributed by atoms with Crippen LogP contribution in [0.1, 0.15) is 58.4 Å². The van der Waals surface area contributed by atoms with Crippen LogP contribution >= 0.6 is 0 Å². The molecule has 1 aromatic rings. The molecule has 0 radical (unpaired) electrons. The molecule has 154 valence electrons. The topological polar surface area (TPSA) is 108 Å². The standard InChI is InChI=1S/C21H26N4O4/c26-18-6-5-17(19(27)24-18)25-20(28)15-4-3-14(10-16(15)21(25)29)12-23-9-7-13-2-1-8-22-11-13/h3-4,10,13,17,22-23H,1-2,5-9,11-12H2,(H,24,26,27)/t13-,17?/m1/s1. The monoisotopic (exact) mass is 398 g/mol. The van der Waals surface area contributed by atoms with E-state index in [0.717, 1.165) is 36.5 Å². The van der Waals surface area contributed by atoms with Gasteiger partial charge < -0.3 is 10.6 Å². The lowest BCUT2D eigenvalue weighted by Gasteiger charge is -2.27. The molecule has 3 N–H and O–H groups in total. The molecular formula is C21H26N4O4. The number of hydrogen-bond donors (Lipinski definition) is 3. The summed E-state index contributed by atoms with van der Waals surface area (Å²) in [4.78, 5) is 50.0. The predicted molar refractivity (Wildman–Crippen MR) is 105 cm³/mol. The summed E-state index contributed by atoms with van der Waals surface area (Å²) in [5, 5.41) is 9.04. The van der Waals surface area contributed by atoms with Gasteiger partial charge in [0.1, 0.15) is 6.04 Å². The van der Waals surface area contributed by atoms with Gasteiger partial charge in [-0.25, -0.2) is 0 Å². The van der Waals surface area contributed by atoms with E-state index in [9.17, 15) is 19.2 Å². The Balaban J connectivity index is 1.38. The highest BCUT2D eigenvalue weighted by atomic mass is 16.2. The Morgan fingerprint density at radius 1 is 1.07 bits per heavy atom. The molecule has 0 spiro atoms. The fourth-order valence-corrected chi connectivity index (χ4v) is 4.34. The number of carbonyl (C=O) groups is 4. The van der Waals surface area contributed by atoms with E-state index >= 15 is 0 Å². The number of piperidine rings is 2. The van der Waals surface area contributed by atoms with Gasteiger partial charge in [-0.05, 0) is 68.9 Å². The maximum atomic E-state index is 12.8. The minimum absolute atomic E-state index is 0.121. The van der Waals surface area contributed by atoms with Crippen LogP contribution in [0, 0.1) is 5.92 Å². The third kappa shape index (κ3) is 4.09. The maximum absolute atomic E-state index is 12.8. The van der Waals surface area contributed by atoms with Crippen molar-refractivity contribution in [3.05, 3.63) is 34.9 Å². The minimum atomic E-state index is -0.925. The quantitative estimate of drug-likeness (QED) is 0.478. The van der Waals surface area contributed by atoms with Crippen molar-refractivity contribution >= 4 is 23.6 Å². The fourth-order valence-electron chi connectivity index (χ4n) is 4.34. The second-order valence-electron chi connectivity index (χ2n) is 8.00. The number of fused-ring (bicyclic) bond motifs is 1. The molecule has 1 unspecified atom stereocenters. The molecule has 1 aromatic carbocycles. The van der Waals surface area contributed by atoms with E-state index in [1.807, 2.05) is 6.07 Å². The summed E-state index contributed by atoms with van der Waals surface area (Å²) >= 11 is 0. The van der Waals surface area contributed by atoms with Gasteiger partial charge in [0.05, 0.1) is 11.1 Å². The first-order chi connectivity index (χ1) is 14.0. The van der Waals surface area contributed by atoms with Crippen molar-refractivity contribution in [1.29, 1.82) is 0 Å². The number of nitrogens with zero attached hydrogens (tertiary/aromatic N) is 1. The molecule has 2 saturated heterocycles. The van der Waals surface area contributed by atoms with Crippen LogP contribution in [0.5, 0.6) is 0 Å². The molecule has 29 heavy (non-hydrogen) atoms. The molecule has 0 bridgehead atoms. The first kappa shape index (κ1) is 19.7. The van der Waals surface area contributed by atoms with Crippen LogP contribution in [0.4, 0.5) is 0 Å². The van der Waals surface area contributed by atoms with Gasteiger partial charge in [0.25, 0.3) is 11.8 Å². The lowest BCUT2D eigenvalue weighted by atomic mass is 9.96. The van der Waals surface area contributed by atoms with Gasteiger partial charge in [-0.3, -0.25) is 29.4 Å². The largest absolute Gasteiger partial charge is 0.316 e. The molecule has 0 aliphatic carbocycles. The molecule has 2 fully saturated rings. The molecule has 3 heterocycles. The Labute approximate surface area is 169 Å². The zero-order valence-electron chi connectivity index (χ0n) is 16.3. The van der Waals surface area contributed by atoms with Gasteiger partial charge in [0.2, 0.25) is 11.8 Å². The summed E-state index contributed by atoms with van der Waals surface area (Å²) in [6.45, 7) is 3.71. The van der Waals surface area contributed by atoms with E-state index in [4.69, 9.17) is 0 Å². The number of hydrogen-bond acceptors (Lipinski definition) is 6. The molecule has 3 aliphatic heterocycles. The van der Waals surface area contributed by atoms with E-state index in [2.05, 4.69) is 16.0 Å². The molecule has 8 nitrogen and oxygen atoms in total. The van der Waals surface area contributed by atoms with Crippen molar-refractivity contribution in [2.45, 2.75) is 44.7 Å². The van der Waals surface area contributed by atoms with Gasteiger partial charge in [-0.15, -0.1) is 0 Å². The summed E-state index contributed by atoms with van der Waals surface area (Å²) in [7, 11) is 0. The molecule has 2 atom stereocenters. The zero-order valence-corrected chi connectivity index (χ0v) is 16.3. The highest BCUT2D eigenvalue weighted by Crippen LogP contribution is 2.28. The first-order valence-electron chi connectivity index (χ1n) is 10.3.